The lowest BCUT2D eigenvalue weighted by Crippen LogP contribution is -2.19. The number of aliphatic hydroxyl groups is 1. The number of para-hydroxylation sites is 1. The van der Waals surface area contributed by atoms with Gasteiger partial charge in [0, 0.05) is 19.2 Å². The molecule has 31 heavy (non-hydrogen) atoms. The minimum Gasteiger partial charge on any atom is -0.396 e. The van der Waals surface area contributed by atoms with Crippen LogP contribution in [0.3, 0.4) is 0 Å². The van der Waals surface area contributed by atoms with E-state index in [4.69, 9.17) is 9.97 Å². The first kappa shape index (κ1) is 22.0. The van der Waals surface area contributed by atoms with Gasteiger partial charge in [0.1, 0.15) is 16.6 Å². The predicted molar refractivity (Wildman–Crippen MR) is 132 cm³/mol. The Morgan fingerprint density at radius 1 is 1.06 bits per heavy atom. The van der Waals surface area contributed by atoms with Gasteiger partial charge in [-0.3, -0.25) is 0 Å². The van der Waals surface area contributed by atoms with Crippen LogP contribution >= 0.6 is 11.3 Å². The summed E-state index contributed by atoms with van der Waals surface area (Å²) in [7, 11) is 0. The van der Waals surface area contributed by atoms with Gasteiger partial charge in [0.05, 0.1) is 15.8 Å². The van der Waals surface area contributed by atoms with E-state index in [2.05, 4.69) is 41.8 Å². The average molecular weight is 439 g/mol. The molecule has 2 atom stereocenters. The minimum atomic E-state index is 0.276. The van der Waals surface area contributed by atoms with Gasteiger partial charge >= 0.3 is 0 Å². The van der Waals surface area contributed by atoms with Gasteiger partial charge in [0.15, 0.2) is 0 Å². The Kier molecular flexibility index (Phi) is 7.08. The summed E-state index contributed by atoms with van der Waals surface area (Å²) in [5.41, 5.74) is 3.34. The molecule has 2 unspecified atom stereocenters. The van der Waals surface area contributed by atoms with Crippen LogP contribution in [-0.4, -0.2) is 34.3 Å². The Labute approximate surface area is 189 Å². The number of nitrogens with zero attached hydrogens (tertiary/aromatic N) is 2. The highest BCUT2D eigenvalue weighted by Crippen LogP contribution is 2.39. The largest absolute Gasteiger partial charge is 0.396 e. The summed E-state index contributed by atoms with van der Waals surface area (Å²) < 4.78 is 1.20. The summed E-state index contributed by atoms with van der Waals surface area (Å²) in [5.74, 6) is 3.07. The van der Waals surface area contributed by atoms with E-state index >= 15 is 0 Å². The second-order valence-electron chi connectivity index (χ2n) is 8.56. The smallest absolute Gasteiger partial charge is 0.139 e. The van der Waals surface area contributed by atoms with Crippen molar-refractivity contribution in [1.29, 1.82) is 0 Å². The molecule has 2 fully saturated rings. The average Bonchev–Trinajstić information content (AvgIpc) is 3.34. The molecular formula is C25H34N4OS. The zero-order valence-electron chi connectivity index (χ0n) is 18.8. The molecule has 0 aliphatic heterocycles. The summed E-state index contributed by atoms with van der Waals surface area (Å²) in [6, 6.07) is 10.8. The van der Waals surface area contributed by atoms with Crippen molar-refractivity contribution in [2.75, 3.05) is 23.8 Å². The number of aliphatic hydroxyl groups excluding tert-OH is 1. The van der Waals surface area contributed by atoms with Crippen molar-refractivity contribution >= 4 is 33.2 Å². The van der Waals surface area contributed by atoms with Crippen molar-refractivity contribution in [2.24, 2.45) is 11.8 Å². The quantitative estimate of drug-likeness (QED) is 0.416. The standard InChI is InChI=1S/C23H28N4OS.C2H6/c1-14-10-20(24-12-15-6-7-15)27-22(25-17-9-8-16(11-17)13-28)21(14)23-26-18-4-2-3-5-19(18)29-23;1-2/h2-5,10,15-17,28H,6-9,11-13H2,1H3,(H2,24,25,27);1-2H3. The summed E-state index contributed by atoms with van der Waals surface area (Å²) in [6.45, 7) is 7.43. The van der Waals surface area contributed by atoms with Crippen molar-refractivity contribution in [1.82, 2.24) is 9.97 Å². The molecule has 6 heteroatoms. The molecule has 3 N–H and O–H groups in total. The van der Waals surface area contributed by atoms with Crippen molar-refractivity contribution < 1.29 is 5.11 Å². The maximum atomic E-state index is 9.52. The van der Waals surface area contributed by atoms with E-state index in [9.17, 15) is 5.11 Å². The van der Waals surface area contributed by atoms with Crippen molar-refractivity contribution in [3.63, 3.8) is 0 Å². The van der Waals surface area contributed by atoms with E-state index in [-0.39, 0.29) is 6.61 Å². The summed E-state index contributed by atoms with van der Waals surface area (Å²) in [5, 5.41) is 17.8. The second kappa shape index (κ2) is 9.96. The molecule has 0 saturated heterocycles. The SMILES string of the molecule is CC.Cc1cc(NCC2CC2)nc(NC2CCC(CO)C2)c1-c1nc2ccccc2s1. The number of hydrogen-bond donors (Lipinski definition) is 3. The molecule has 2 saturated carbocycles. The Bertz CT molecular complexity index is 981. The van der Waals surface area contributed by atoms with Gasteiger partial charge in [0.25, 0.3) is 0 Å². The van der Waals surface area contributed by atoms with Crippen LogP contribution in [0.5, 0.6) is 0 Å². The molecule has 0 radical (unpaired) electrons. The molecule has 2 aliphatic rings. The number of thiazole rings is 1. The Morgan fingerprint density at radius 3 is 2.55 bits per heavy atom. The normalized spacial score (nSPS) is 20.4. The van der Waals surface area contributed by atoms with Gasteiger partial charge in [-0.05, 0) is 74.6 Å². The maximum absolute atomic E-state index is 9.52. The fourth-order valence-electron chi connectivity index (χ4n) is 4.25. The van der Waals surface area contributed by atoms with Crippen LogP contribution in [0.2, 0.25) is 0 Å². The van der Waals surface area contributed by atoms with Gasteiger partial charge in [-0.1, -0.05) is 26.0 Å². The van der Waals surface area contributed by atoms with E-state index in [0.717, 1.165) is 59.4 Å². The highest BCUT2D eigenvalue weighted by Gasteiger charge is 2.27. The zero-order chi connectivity index (χ0) is 21.8. The number of nitrogens with one attached hydrogen (secondary N) is 2. The molecular weight excluding hydrogens is 404 g/mol. The minimum absolute atomic E-state index is 0.276. The number of anilines is 2. The first-order chi connectivity index (χ1) is 15.2. The van der Waals surface area contributed by atoms with Crippen molar-refractivity contribution in [2.45, 2.75) is 58.9 Å². The van der Waals surface area contributed by atoms with Crippen molar-refractivity contribution in [3.05, 3.63) is 35.9 Å². The summed E-state index contributed by atoms with van der Waals surface area (Å²) in [4.78, 5) is 9.88. The molecule has 0 amide bonds. The second-order valence-corrected chi connectivity index (χ2v) is 9.59. The highest BCUT2D eigenvalue weighted by atomic mass is 32.1. The van der Waals surface area contributed by atoms with Crippen LogP contribution in [0.1, 0.15) is 51.5 Å². The first-order valence-electron chi connectivity index (χ1n) is 11.7. The van der Waals surface area contributed by atoms with Gasteiger partial charge in [-0.15, -0.1) is 11.3 Å². The Balaban J connectivity index is 0.00000112. The van der Waals surface area contributed by atoms with Crippen LogP contribution in [-0.2, 0) is 0 Å². The van der Waals surface area contributed by atoms with E-state index in [1.165, 1.54) is 23.1 Å². The lowest BCUT2D eigenvalue weighted by Gasteiger charge is -2.19. The highest BCUT2D eigenvalue weighted by molar-refractivity contribution is 7.21. The van der Waals surface area contributed by atoms with E-state index in [1.54, 1.807) is 11.3 Å². The Hall–Kier alpha value is -2.18. The molecule has 5 nitrogen and oxygen atoms in total. The molecule has 2 heterocycles. The van der Waals surface area contributed by atoms with E-state index in [0.29, 0.717) is 12.0 Å². The van der Waals surface area contributed by atoms with Gasteiger partial charge in [-0.25, -0.2) is 9.97 Å². The Morgan fingerprint density at radius 2 is 1.84 bits per heavy atom. The molecule has 3 aromatic rings. The van der Waals surface area contributed by atoms with Crippen LogP contribution < -0.4 is 10.6 Å². The zero-order valence-corrected chi connectivity index (χ0v) is 19.6. The third kappa shape index (κ3) is 5.18. The number of aromatic nitrogens is 2. The molecule has 2 aromatic heterocycles. The number of benzene rings is 1. The van der Waals surface area contributed by atoms with Crippen LogP contribution in [0.25, 0.3) is 20.8 Å². The fourth-order valence-corrected chi connectivity index (χ4v) is 5.33. The first-order valence-corrected chi connectivity index (χ1v) is 12.5. The molecule has 0 spiro atoms. The van der Waals surface area contributed by atoms with Crippen LogP contribution in [0, 0.1) is 18.8 Å². The number of aryl methyl sites for hydroxylation is 1. The van der Waals surface area contributed by atoms with E-state index < -0.39 is 0 Å². The van der Waals surface area contributed by atoms with Crippen LogP contribution in [0.4, 0.5) is 11.6 Å². The predicted octanol–water partition coefficient (Wildman–Crippen LogP) is 6.09. The van der Waals surface area contributed by atoms with Crippen molar-refractivity contribution in [3.8, 4) is 10.6 Å². The summed E-state index contributed by atoms with van der Waals surface area (Å²) in [6.07, 6.45) is 5.79. The van der Waals surface area contributed by atoms with Gasteiger partial charge in [0.2, 0.25) is 0 Å². The number of fused-ring (bicyclic) bond motifs is 1. The summed E-state index contributed by atoms with van der Waals surface area (Å²) >= 11 is 1.72. The van der Waals surface area contributed by atoms with E-state index in [1.807, 2.05) is 19.9 Å². The third-order valence-corrected chi connectivity index (χ3v) is 7.19. The molecule has 166 valence electrons. The van der Waals surface area contributed by atoms with Gasteiger partial charge < -0.3 is 15.7 Å². The molecule has 0 bridgehead atoms. The molecule has 1 aromatic carbocycles. The lowest BCUT2D eigenvalue weighted by molar-refractivity contribution is 0.229. The molecule has 2 aliphatic carbocycles. The van der Waals surface area contributed by atoms with Crippen LogP contribution in [0.15, 0.2) is 30.3 Å². The maximum Gasteiger partial charge on any atom is 0.139 e. The number of rotatable bonds is 7. The fraction of sp³-hybridized carbons (Fsp3) is 0.520. The monoisotopic (exact) mass is 438 g/mol. The number of pyridine rings is 1. The van der Waals surface area contributed by atoms with Gasteiger partial charge in [-0.2, -0.15) is 0 Å². The number of hydrogen-bond acceptors (Lipinski definition) is 6. The third-order valence-electron chi connectivity index (χ3n) is 6.13. The molecule has 5 rings (SSSR count). The lowest BCUT2D eigenvalue weighted by atomic mass is 10.1. The topological polar surface area (TPSA) is 70.1 Å².